The Morgan fingerprint density at radius 2 is 1.96 bits per heavy atom. The second kappa shape index (κ2) is 6.24. The van der Waals surface area contributed by atoms with Gasteiger partial charge in [-0.2, -0.15) is 0 Å². The van der Waals surface area contributed by atoms with Crippen molar-refractivity contribution >= 4 is 49.4 Å². The van der Waals surface area contributed by atoms with E-state index in [4.69, 9.17) is 11.6 Å². The minimum Gasteiger partial charge on any atom is -0.255 e. The molecule has 0 aliphatic rings. The largest absolute Gasteiger partial charge is 0.264 e. The minimum absolute atomic E-state index is 0.300. The third-order valence-electron chi connectivity index (χ3n) is 3.16. The molecule has 0 spiro atoms. The predicted octanol–water partition coefficient (Wildman–Crippen LogP) is 4.94. The fourth-order valence-corrected chi connectivity index (χ4v) is 5.91. The number of hydrogen-bond acceptors (Lipinski definition) is 5. The van der Waals surface area contributed by atoms with Crippen molar-refractivity contribution in [1.82, 2.24) is 4.98 Å². The van der Waals surface area contributed by atoms with E-state index in [9.17, 15) is 8.42 Å². The molecule has 8 heteroatoms. The summed E-state index contributed by atoms with van der Waals surface area (Å²) in [6.07, 6.45) is 0. The van der Waals surface area contributed by atoms with Crippen molar-refractivity contribution in [2.45, 2.75) is 18.7 Å². The van der Waals surface area contributed by atoms with Crippen LogP contribution in [0.15, 0.2) is 40.6 Å². The second-order valence-corrected chi connectivity index (χ2v) is 9.28. The van der Waals surface area contributed by atoms with E-state index >= 15 is 0 Å². The van der Waals surface area contributed by atoms with Gasteiger partial charge in [0.15, 0.2) is 5.13 Å². The monoisotopic (exact) mass is 384 g/mol. The van der Waals surface area contributed by atoms with E-state index in [1.807, 2.05) is 25.1 Å². The number of aromatic nitrogens is 1. The van der Waals surface area contributed by atoms with Crippen LogP contribution >= 0.6 is 34.3 Å². The van der Waals surface area contributed by atoms with Crippen LogP contribution in [0.25, 0.3) is 11.3 Å². The lowest BCUT2D eigenvalue weighted by Gasteiger charge is -2.04. The van der Waals surface area contributed by atoms with Crippen molar-refractivity contribution in [1.29, 1.82) is 0 Å². The Bertz CT molecular complexity index is 961. The molecule has 2 aromatic heterocycles. The Morgan fingerprint density at radius 1 is 1.22 bits per heavy atom. The van der Waals surface area contributed by atoms with Crippen molar-refractivity contribution in [3.05, 3.63) is 50.5 Å². The molecule has 2 heterocycles. The molecular formula is C15H13ClN2O2S3. The minimum atomic E-state index is -3.63. The van der Waals surface area contributed by atoms with Gasteiger partial charge < -0.3 is 0 Å². The zero-order chi connectivity index (χ0) is 16.6. The van der Waals surface area contributed by atoms with Crippen LogP contribution in [0.2, 0.25) is 5.02 Å². The smallest absolute Gasteiger partial charge is 0.255 e. The van der Waals surface area contributed by atoms with E-state index in [2.05, 4.69) is 9.71 Å². The van der Waals surface area contributed by atoms with Crippen molar-refractivity contribution < 1.29 is 8.42 Å². The number of thiophene rings is 1. The van der Waals surface area contributed by atoms with Crippen LogP contribution in [-0.4, -0.2) is 13.4 Å². The summed E-state index contributed by atoms with van der Waals surface area (Å²) in [5.41, 5.74) is 1.43. The van der Waals surface area contributed by atoms with Gasteiger partial charge in [0.1, 0.15) is 4.90 Å². The molecule has 0 unspecified atom stereocenters. The fourth-order valence-electron chi connectivity index (χ4n) is 2.16. The van der Waals surface area contributed by atoms with Crippen molar-refractivity contribution in [3.8, 4) is 11.3 Å². The number of nitrogens with zero attached hydrogens (tertiary/aromatic N) is 1. The molecule has 0 saturated carbocycles. The lowest BCUT2D eigenvalue weighted by atomic mass is 10.2. The summed E-state index contributed by atoms with van der Waals surface area (Å²) < 4.78 is 27.5. The normalized spacial score (nSPS) is 11.6. The van der Waals surface area contributed by atoms with Crippen LogP contribution in [0.4, 0.5) is 5.13 Å². The maximum absolute atomic E-state index is 12.5. The number of benzene rings is 1. The Hall–Kier alpha value is -1.41. The average molecular weight is 385 g/mol. The van der Waals surface area contributed by atoms with E-state index in [0.717, 1.165) is 15.3 Å². The highest BCUT2D eigenvalue weighted by atomic mass is 35.5. The van der Waals surface area contributed by atoms with Gasteiger partial charge in [-0.3, -0.25) is 4.72 Å². The first-order valence-electron chi connectivity index (χ1n) is 6.67. The summed E-state index contributed by atoms with van der Waals surface area (Å²) >= 11 is 8.84. The SMILES string of the molecule is Cc1cc(S(=O)(=O)Nc2nc(-c3ccccc3Cl)cs2)c(C)s1. The molecule has 0 radical (unpaired) electrons. The van der Waals surface area contributed by atoms with Crippen LogP contribution < -0.4 is 4.72 Å². The number of thiazole rings is 1. The summed E-state index contributed by atoms with van der Waals surface area (Å²) in [6.45, 7) is 3.68. The third-order valence-corrected chi connectivity index (χ3v) is 6.94. The van der Waals surface area contributed by atoms with Crippen molar-refractivity contribution in [3.63, 3.8) is 0 Å². The fraction of sp³-hybridized carbons (Fsp3) is 0.133. The first-order chi connectivity index (χ1) is 10.9. The molecule has 1 N–H and O–H groups in total. The summed E-state index contributed by atoms with van der Waals surface area (Å²) in [5.74, 6) is 0. The van der Waals surface area contributed by atoms with Gasteiger partial charge in [-0.05, 0) is 26.0 Å². The number of aryl methyl sites for hydroxylation is 2. The molecule has 0 atom stereocenters. The highest BCUT2D eigenvalue weighted by Gasteiger charge is 2.21. The van der Waals surface area contributed by atoms with Gasteiger partial charge in [0.25, 0.3) is 10.0 Å². The summed E-state index contributed by atoms with van der Waals surface area (Å²) in [5, 5.41) is 2.69. The van der Waals surface area contributed by atoms with E-state index in [1.165, 1.54) is 22.7 Å². The summed E-state index contributed by atoms with van der Waals surface area (Å²) in [4.78, 5) is 6.36. The summed E-state index contributed by atoms with van der Waals surface area (Å²) in [6, 6.07) is 9.00. The lowest BCUT2D eigenvalue weighted by Crippen LogP contribution is -2.12. The Kier molecular flexibility index (Phi) is 4.46. The first-order valence-corrected chi connectivity index (χ1v) is 10.2. The first kappa shape index (κ1) is 16.4. The molecule has 0 fully saturated rings. The van der Waals surface area contributed by atoms with E-state index < -0.39 is 10.0 Å². The highest BCUT2D eigenvalue weighted by molar-refractivity contribution is 7.93. The van der Waals surface area contributed by atoms with E-state index in [0.29, 0.717) is 20.7 Å². The maximum Gasteiger partial charge on any atom is 0.264 e. The molecule has 120 valence electrons. The Balaban J connectivity index is 1.90. The average Bonchev–Trinajstić information content (AvgIpc) is 3.05. The number of nitrogens with one attached hydrogen (secondary N) is 1. The quantitative estimate of drug-likeness (QED) is 0.692. The Morgan fingerprint density at radius 3 is 2.61 bits per heavy atom. The summed E-state index contributed by atoms with van der Waals surface area (Å²) in [7, 11) is -3.63. The van der Waals surface area contributed by atoms with Crippen LogP contribution in [0, 0.1) is 13.8 Å². The van der Waals surface area contributed by atoms with Crippen LogP contribution in [0.1, 0.15) is 9.75 Å². The Labute approximate surface area is 147 Å². The van der Waals surface area contributed by atoms with Gasteiger partial charge >= 0.3 is 0 Å². The molecule has 0 bridgehead atoms. The molecular weight excluding hydrogens is 372 g/mol. The number of rotatable bonds is 4. The molecule has 23 heavy (non-hydrogen) atoms. The molecule has 1 aromatic carbocycles. The second-order valence-electron chi connectivity index (χ2n) is 4.90. The van der Waals surface area contributed by atoms with Gasteiger partial charge in [-0.15, -0.1) is 22.7 Å². The zero-order valence-electron chi connectivity index (χ0n) is 12.3. The number of hydrogen-bond donors (Lipinski definition) is 1. The molecule has 0 aliphatic heterocycles. The van der Waals surface area contributed by atoms with Gasteiger partial charge in [0.05, 0.1) is 5.69 Å². The van der Waals surface area contributed by atoms with Crippen LogP contribution in [0.3, 0.4) is 0 Å². The van der Waals surface area contributed by atoms with Gasteiger partial charge in [-0.25, -0.2) is 13.4 Å². The van der Waals surface area contributed by atoms with Crippen LogP contribution in [-0.2, 0) is 10.0 Å². The standard InChI is InChI=1S/C15H13ClN2O2S3/c1-9-7-14(10(2)22-9)23(19,20)18-15-17-13(8-21-15)11-5-3-4-6-12(11)16/h3-8H,1-2H3,(H,17,18). The molecule has 3 aromatic rings. The zero-order valence-corrected chi connectivity index (χ0v) is 15.5. The lowest BCUT2D eigenvalue weighted by molar-refractivity contribution is 0.601. The van der Waals surface area contributed by atoms with Crippen LogP contribution in [0.5, 0.6) is 0 Å². The van der Waals surface area contributed by atoms with Gasteiger partial charge in [0, 0.05) is 25.7 Å². The third kappa shape index (κ3) is 3.42. The van der Waals surface area contributed by atoms with Gasteiger partial charge in [-0.1, -0.05) is 29.8 Å². The molecule has 4 nitrogen and oxygen atoms in total. The number of sulfonamides is 1. The number of halogens is 1. The van der Waals surface area contributed by atoms with Gasteiger partial charge in [0.2, 0.25) is 0 Å². The van der Waals surface area contributed by atoms with Crippen molar-refractivity contribution in [2.24, 2.45) is 0 Å². The van der Waals surface area contributed by atoms with Crippen molar-refractivity contribution in [2.75, 3.05) is 4.72 Å². The molecule has 0 aliphatic carbocycles. The maximum atomic E-state index is 12.5. The van der Waals surface area contributed by atoms with E-state index in [1.54, 1.807) is 24.4 Å². The molecule has 0 amide bonds. The topological polar surface area (TPSA) is 59.1 Å². The van der Waals surface area contributed by atoms with E-state index in [-0.39, 0.29) is 0 Å². The molecule has 0 saturated heterocycles. The highest BCUT2D eigenvalue weighted by Crippen LogP contribution is 2.32. The number of anilines is 1. The predicted molar refractivity (Wildman–Crippen MR) is 97.2 cm³/mol. The molecule has 3 rings (SSSR count).